The molecule has 1 N–H and O–H groups in total. The van der Waals surface area contributed by atoms with E-state index in [-0.39, 0.29) is 11.7 Å². The van der Waals surface area contributed by atoms with Crippen molar-refractivity contribution in [3.05, 3.63) is 107 Å². The van der Waals surface area contributed by atoms with Gasteiger partial charge in [0.25, 0.3) is 5.89 Å². The fraction of sp³-hybridized carbons (Fsp3) is 0.179. The van der Waals surface area contributed by atoms with E-state index in [2.05, 4.69) is 22.4 Å². The molecule has 6 nitrogen and oxygen atoms in total. The number of hydrogen-bond acceptors (Lipinski definition) is 4. The predicted molar refractivity (Wildman–Crippen MR) is 133 cm³/mol. The molecule has 0 aliphatic carbocycles. The maximum Gasteiger partial charge on any atom is 0.327 e. The Hall–Kier alpha value is -4.33. The Morgan fingerprint density at radius 1 is 1.03 bits per heavy atom. The number of rotatable bonds is 5. The number of carbonyl (C=O) groups excluding carboxylic acids is 1. The van der Waals surface area contributed by atoms with Gasteiger partial charge in [0.05, 0.1) is 17.3 Å². The van der Waals surface area contributed by atoms with Gasteiger partial charge in [0, 0.05) is 11.3 Å². The van der Waals surface area contributed by atoms with Gasteiger partial charge >= 0.3 is 6.03 Å². The number of anilines is 1. The molecule has 1 aliphatic rings. The highest BCUT2D eigenvalue weighted by Gasteiger charge is 2.36. The maximum absolute atomic E-state index is 14.4. The van der Waals surface area contributed by atoms with E-state index in [1.54, 1.807) is 38.1 Å². The molecule has 8 heteroatoms. The van der Waals surface area contributed by atoms with Crippen LogP contribution in [0.2, 0.25) is 0 Å². The van der Waals surface area contributed by atoms with Gasteiger partial charge in [-0.15, -0.1) is 0 Å². The minimum absolute atomic E-state index is 0.175. The second kappa shape index (κ2) is 9.37. The van der Waals surface area contributed by atoms with Crippen LogP contribution in [0.1, 0.15) is 42.5 Å². The third-order valence-electron chi connectivity index (χ3n) is 6.36. The first-order chi connectivity index (χ1) is 17.4. The van der Waals surface area contributed by atoms with Gasteiger partial charge in [0.15, 0.2) is 0 Å². The number of aromatic nitrogens is 2. The van der Waals surface area contributed by atoms with Gasteiger partial charge in [0.2, 0.25) is 5.82 Å². The summed E-state index contributed by atoms with van der Waals surface area (Å²) in [6.07, 6.45) is 0.881. The summed E-state index contributed by atoms with van der Waals surface area (Å²) in [7, 11) is 0. The van der Waals surface area contributed by atoms with Gasteiger partial charge in [-0.2, -0.15) is 4.98 Å². The Morgan fingerprint density at radius 2 is 1.81 bits per heavy atom. The molecular formula is C28H24F2N4O2. The summed E-state index contributed by atoms with van der Waals surface area (Å²) in [4.78, 5) is 19.2. The molecule has 0 spiro atoms. The van der Waals surface area contributed by atoms with E-state index >= 15 is 0 Å². The Kier molecular flexibility index (Phi) is 6.10. The predicted octanol–water partition coefficient (Wildman–Crippen LogP) is 6.59. The van der Waals surface area contributed by atoms with E-state index < -0.39 is 23.7 Å². The van der Waals surface area contributed by atoms with Crippen LogP contribution < -0.4 is 10.2 Å². The lowest BCUT2D eigenvalue weighted by molar-refractivity contribution is 0.244. The van der Waals surface area contributed by atoms with Crippen LogP contribution in [0, 0.1) is 18.6 Å². The molecule has 0 saturated carbocycles. The van der Waals surface area contributed by atoms with Gasteiger partial charge in [0.1, 0.15) is 11.6 Å². The second-order valence-corrected chi connectivity index (χ2v) is 8.68. The molecule has 1 atom stereocenters. The number of amides is 2. The molecule has 36 heavy (non-hydrogen) atoms. The number of benzene rings is 3. The number of aryl methyl sites for hydroxylation is 2. The van der Waals surface area contributed by atoms with E-state index in [9.17, 15) is 13.6 Å². The van der Waals surface area contributed by atoms with E-state index in [0.717, 1.165) is 17.5 Å². The summed E-state index contributed by atoms with van der Waals surface area (Å²) in [6, 6.07) is 17.4. The summed E-state index contributed by atoms with van der Waals surface area (Å²) < 4.78 is 33.8. The Bertz CT molecular complexity index is 1480. The van der Waals surface area contributed by atoms with Crippen molar-refractivity contribution in [2.45, 2.75) is 33.2 Å². The normalized spacial score (nSPS) is 15.9. The van der Waals surface area contributed by atoms with Crippen LogP contribution in [0.3, 0.4) is 0 Å². The van der Waals surface area contributed by atoms with E-state index in [0.29, 0.717) is 28.1 Å². The maximum atomic E-state index is 14.4. The first-order valence-electron chi connectivity index (χ1n) is 11.6. The van der Waals surface area contributed by atoms with Gasteiger partial charge in [-0.25, -0.2) is 13.6 Å². The molecule has 2 amide bonds. The molecule has 5 rings (SSSR count). The minimum Gasteiger partial charge on any atom is -0.334 e. The van der Waals surface area contributed by atoms with Crippen molar-refractivity contribution in [2.75, 3.05) is 4.90 Å². The largest absolute Gasteiger partial charge is 0.334 e. The lowest BCUT2D eigenvalue weighted by Crippen LogP contribution is -2.46. The van der Waals surface area contributed by atoms with Gasteiger partial charge < -0.3 is 9.84 Å². The topological polar surface area (TPSA) is 71.3 Å². The Labute approximate surface area is 207 Å². The van der Waals surface area contributed by atoms with Crippen molar-refractivity contribution in [1.82, 2.24) is 15.5 Å². The highest BCUT2D eigenvalue weighted by Crippen LogP contribution is 2.39. The first kappa shape index (κ1) is 23.4. The van der Waals surface area contributed by atoms with Gasteiger partial charge in [-0.05, 0) is 61.2 Å². The lowest BCUT2D eigenvalue weighted by atomic mass is 9.93. The molecule has 0 bridgehead atoms. The van der Waals surface area contributed by atoms with Crippen molar-refractivity contribution in [3.63, 3.8) is 0 Å². The number of urea groups is 1. The third kappa shape index (κ3) is 4.26. The summed E-state index contributed by atoms with van der Waals surface area (Å²) >= 11 is 0. The molecule has 182 valence electrons. The molecule has 1 aliphatic heterocycles. The zero-order valence-corrected chi connectivity index (χ0v) is 20.0. The molecule has 1 aromatic heterocycles. The summed E-state index contributed by atoms with van der Waals surface area (Å²) in [6.45, 7) is 5.48. The fourth-order valence-electron chi connectivity index (χ4n) is 4.33. The number of allylic oxidation sites excluding steroid dienone is 1. The minimum atomic E-state index is -0.587. The molecule has 4 aromatic rings. The van der Waals surface area contributed by atoms with Crippen molar-refractivity contribution >= 4 is 17.3 Å². The molecule has 3 aromatic carbocycles. The van der Waals surface area contributed by atoms with Gasteiger partial charge in [-0.3, -0.25) is 4.90 Å². The number of halogens is 2. The summed E-state index contributed by atoms with van der Waals surface area (Å²) in [5.74, 6) is -0.442. The number of nitrogens with one attached hydrogen (secondary N) is 1. The standard InChI is InChI=1S/C28H24F2N4O2/c1-4-18-9-11-19(12-10-18)25-24(27-32-26(33-36-27)20-6-5-7-21(29)14-20)17(3)34(28(35)31-25)22-13-8-16(2)23(30)15-22/h5-15,25H,4H2,1-3H3,(H,31,35). The van der Waals surface area contributed by atoms with Crippen LogP contribution in [0.25, 0.3) is 17.0 Å². The zero-order valence-electron chi connectivity index (χ0n) is 20.0. The van der Waals surface area contributed by atoms with Crippen molar-refractivity contribution in [1.29, 1.82) is 0 Å². The second-order valence-electron chi connectivity index (χ2n) is 8.68. The van der Waals surface area contributed by atoms with Crippen molar-refractivity contribution < 1.29 is 18.1 Å². The van der Waals surface area contributed by atoms with Crippen LogP contribution in [-0.2, 0) is 6.42 Å². The molecule has 0 radical (unpaired) electrons. The number of carbonyl (C=O) groups is 1. The fourth-order valence-corrected chi connectivity index (χ4v) is 4.33. The Balaban J connectivity index is 1.65. The Morgan fingerprint density at radius 3 is 2.50 bits per heavy atom. The average molecular weight is 487 g/mol. The zero-order chi connectivity index (χ0) is 25.4. The molecule has 1 unspecified atom stereocenters. The van der Waals surface area contributed by atoms with Crippen LogP contribution >= 0.6 is 0 Å². The van der Waals surface area contributed by atoms with Gasteiger partial charge in [-0.1, -0.05) is 54.5 Å². The van der Waals surface area contributed by atoms with E-state index in [1.807, 2.05) is 24.3 Å². The monoisotopic (exact) mass is 486 g/mol. The first-order valence-corrected chi connectivity index (χ1v) is 11.6. The number of hydrogen-bond donors (Lipinski definition) is 1. The molecule has 0 saturated heterocycles. The number of nitrogens with zero attached hydrogens (tertiary/aromatic N) is 3. The average Bonchev–Trinajstić information content (AvgIpc) is 3.36. The SMILES string of the molecule is CCc1ccc(C2NC(=O)N(c3ccc(C)c(F)c3)C(C)=C2c2nc(-c3cccc(F)c3)no2)cc1. The van der Waals surface area contributed by atoms with Crippen molar-refractivity contribution in [3.8, 4) is 11.4 Å². The molecular weight excluding hydrogens is 462 g/mol. The lowest BCUT2D eigenvalue weighted by Gasteiger charge is -2.35. The smallest absolute Gasteiger partial charge is 0.327 e. The van der Waals surface area contributed by atoms with Crippen LogP contribution in [0.15, 0.2) is 77.0 Å². The van der Waals surface area contributed by atoms with Crippen LogP contribution in [-0.4, -0.2) is 16.2 Å². The van der Waals surface area contributed by atoms with E-state index in [4.69, 9.17) is 4.52 Å². The highest BCUT2D eigenvalue weighted by atomic mass is 19.1. The molecule has 2 heterocycles. The quantitative estimate of drug-likeness (QED) is 0.346. The highest BCUT2D eigenvalue weighted by molar-refractivity contribution is 6.01. The van der Waals surface area contributed by atoms with E-state index in [1.165, 1.54) is 23.1 Å². The summed E-state index contributed by atoms with van der Waals surface area (Å²) in [5, 5.41) is 7.07. The molecule has 0 fully saturated rings. The van der Waals surface area contributed by atoms with Crippen LogP contribution in [0.4, 0.5) is 19.3 Å². The summed E-state index contributed by atoms with van der Waals surface area (Å²) in [5.41, 5.74) is 4.38. The van der Waals surface area contributed by atoms with Crippen LogP contribution in [0.5, 0.6) is 0 Å². The third-order valence-corrected chi connectivity index (χ3v) is 6.36. The van der Waals surface area contributed by atoms with Crippen molar-refractivity contribution in [2.24, 2.45) is 0 Å².